The van der Waals surface area contributed by atoms with Crippen molar-refractivity contribution < 1.29 is 19.4 Å². The fourth-order valence-electron chi connectivity index (χ4n) is 1.65. The first-order valence-electron chi connectivity index (χ1n) is 5.56. The molecule has 0 atom stereocenters. The number of hydrogen-bond acceptors (Lipinski definition) is 5. The number of amides is 2. The Labute approximate surface area is 109 Å². The van der Waals surface area contributed by atoms with E-state index in [-0.39, 0.29) is 16.9 Å². The predicted molar refractivity (Wildman–Crippen MR) is 67.9 cm³/mol. The van der Waals surface area contributed by atoms with Gasteiger partial charge in [0.1, 0.15) is 11.5 Å². The van der Waals surface area contributed by atoms with Crippen LogP contribution in [0.3, 0.4) is 0 Å². The smallest absolute Gasteiger partial charge is 0.286 e. The SMILES string of the molecule is O=C1CSC(=O)N1.Oc1ccc2c(c1)OCCC2. The number of hydrogen-bond donors (Lipinski definition) is 2. The molecule has 2 aliphatic heterocycles. The molecule has 0 saturated carbocycles. The summed E-state index contributed by atoms with van der Waals surface area (Å²) in [6, 6.07) is 5.30. The molecule has 6 heteroatoms. The molecule has 2 N–H and O–H groups in total. The van der Waals surface area contributed by atoms with Crippen LogP contribution >= 0.6 is 11.8 Å². The topological polar surface area (TPSA) is 75.6 Å². The molecule has 0 bridgehead atoms. The minimum atomic E-state index is -0.231. The molecule has 0 aliphatic carbocycles. The standard InChI is InChI=1S/C9H10O2.C3H3NO2S/c10-8-4-3-7-2-1-5-11-9(7)6-8;5-2-1-7-3(6)4-2/h3-4,6,10H,1-2,5H2;1H2,(H,4,5,6). The third-order valence-electron chi connectivity index (χ3n) is 2.47. The van der Waals surface area contributed by atoms with E-state index in [4.69, 9.17) is 9.84 Å². The Bertz CT molecular complexity index is 461. The van der Waals surface area contributed by atoms with Gasteiger partial charge in [0.05, 0.1) is 12.4 Å². The van der Waals surface area contributed by atoms with Gasteiger partial charge in [-0.2, -0.15) is 0 Å². The van der Waals surface area contributed by atoms with Crippen LogP contribution in [-0.4, -0.2) is 28.6 Å². The van der Waals surface area contributed by atoms with Crippen LogP contribution in [0.15, 0.2) is 18.2 Å². The fourth-order valence-corrected chi connectivity index (χ4v) is 2.17. The molecule has 3 rings (SSSR count). The molecule has 1 fully saturated rings. The second-order valence-corrected chi connectivity index (χ2v) is 4.82. The third kappa shape index (κ3) is 3.40. The molecular formula is C12H13NO4S. The Morgan fingerprint density at radius 2 is 2.17 bits per heavy atom. The number of rotatable bonds is 0. The molecule has 1 aromatic rings. The van der Waals surface area contributed by atoms with Crippen molar-refractivity contribution in [2.75, 3.05) is 12.4 Å². The van der Waals surface area contributed by atoms with E-state index in [0.717, 1.165) is 37.0 Å². The van der Waals surface area contributed by atoms with E-state index >= 15 is 0 Å². The van der Waals surface area contributed by atoms with Crippen LogP contribution < -0.4 is 10.1 Å². The maximum Gasteiger partial charge on any atom is 0.286 e. The van der Waals surface area contributed by atoms with Crippen molar-refractivity contribution in [3.63, 3.8) is 0 Å². The normalized spacial score (nSPS) is 17.1. The molecule has 1 aromatic carbocycles. The number of carbonyl (C=O) groups is 2. The van der Waals surface area contributed by atoms with Gasteiger partial charge in [0.2, 0.25) is 5.91 Å². The largest absolute Gasteiger partial charge is 0.508 e. The van der Waals surface area contributed by atoms with Gasteiger partial charge < -0.3 is 9.84 Å². The maximum atomic E-state index is 10.1. The summed E-state index contributed by atoms with van der Waals surface area (Å²) >= 11 is 1.01. The van der Waals surface area contributed by atoms with Crippen molar-refractivity contribution in [3.8, 4) is 11.5 Å². The predicted octanol–water partition coefficient (Wildman–Crippen LogP) is 1.69. The van der Waals surface area contributed by atoms with Gasteiger partial charge in [0.15, 0.2) is 0 Å². The first kappa shape index (κ1) is 12.8. The highest BCUT2D eigenvalue weighted by Crippen LogP contribution is 2.27. The zero-order valence-corrected chi connectivity index (χ0v) is 10.5. The third-order valence-corrected chi connectivity index (χ3v) is 3.25. The summed E-state index contributed by atoms with van der Waals surface area (Å²) in [5, 5.41) is 11.0. The Morgan fingerprint density at radius 1 is 1.33 bits per heavy atom. The van der Waals surface area contributed by atoms with Crippen LogP contribution in [0, 0.1) is 0 Å². The van der Waals surface area contributed by atoms with Gasteiger partial charge in [-0.15, -0.1) is 0 Å². The van der Waals surface area contributed by atoms with Gasteiger partial charge in [-0.3, -0.25) is 14.9 Å². The highest BCUT2D eigenvalue weighted by atomic mass is 32.2. The highest BCUT2D eigenvalue weighted by Gasteiger charge is 2.16. The van der Waals surface area contributed by atoms with Crippen LogP contribution in [-0.2, 0) is 11.2 Å². The molecule has 1 saturated heterocycles. The van der Waals surface area contributed by atoms with Crippen molar-refractivity contribution in [1.29, 1.82) is 0 Å². The van der Waals surface area contributed by atoms with Gasteiger partial charge in [-0.1, -0.05) is 17.8 Å². The minimum Gasteiger partial charge on any atom is -0.508 e. The van der Waals surface area contributed by atoms with Gasteiger partial charge in [-0.25, -0.2) is 0 Å². The molecule has 0 aromatic heterocycles. The monoisotopic (exact) mass is 267 g/mol. The van der Waals surface area contributed by atoms with Crippen LogP contribution in [0.1, 0.15) is 12.0 Å². The van der Waals surface area contributed by atoms with Crippen LogP contribution in [0.25, 0.3) is 0 Å². The number of fused-ring (bicyclic) bond motifs is 1. The molecule has 18 heavy (non-hydrogen) atoms. The quantitative estimate of drug-likeness (QED) is 0.748. The number of phenols is 1. The summed E-state index contributed by atoms with van der Waals surface area (Å²) in [7, 11) is 0. The number of phenolic OH excluding ortho intramolecular Hbond substituents is 1. The van der Waals surface area contributed by atoms with E-state index in [1.165, 1.54) is 5.56 Å². The maximum absolute atomic E-state index is 10.1. The molecule has 5 nitrogen and oxygen atoms in total. The van der Waals surface area contributed by atoms with E-state index in [0.29, 0.717) is 5.75 Å². The summed E-state index contributed by atoms with van der Waals surface area (Å²) in [6.07, 6.45) is 2.15. The summed E-state index contributed by atoms with van der Waals surface area (Å²) in [5.41, 5.74) is 1.20. The van der Waals surface area contributed by atoms with E-state index in [2.05, 4.69) is 5.32 Å². The van der Waals surface area contributed by atoms with Gasteiger partial charge >= 0.3 is 0 Å². The number of carbonyl (C=O) groups excluding carboxylic acids is 2. The molecule has 2 aliphatic rings. The van der Waals surface area contributed by atoms with Crippen molar-refractivity contribution in [1.82, 2.24) is 5.32 Å². The number of aromatic hydroxyl groups is 1. The lowest BCUT2D eigenvalue weighted by Gasteiger charge is -2.16. The van der Waals surface area contributed by atoms with Gasteiger partial charge in [0.25, 0.3) is 5.24 Å². The Balaban J connectivity index is 0.000000149. The number of benzene rings is 1. The van der Waals surface area contributed by atoms with Crippen LogP contribution in [0.4, 0.5) is 4.79 Å². The zero-order valence-electron chi connectivity index (χ0n) is 9.64. The zero-order chi connectivity index (χ0) is 13.0. The van der Waals surface area contributed by atoms with E-state index in [1.807, 2.05) is 6.07 Å². The first-order chi connectivity index (χ1) is 8.65. The summed E-state index contributed by atoms with van der Waals surface area (Å²) in [4.78, 5) is 20.2. The molecule has 2 heterocycles. The fraction of sp³-hybridized carbons (Fsp3) is 0.333. The second kappa shape index (κ2) is 5.77. The highest BCUT2D eigenvalue weighted by molar-refractivity contribution is 8.14. The Kier molecular flexibility index (Phi) is 4.09. The lowest BCUT2D eigenvalue weighted by Crippen LogP contribution is -2.18. The summed E-state index contributed by atoms with van der Waals surface area (Å²) in [6.45, 7) is 0.774. The molecule has 96 valence electrons. The number of ether oxygens (including phenoxy) is 1. The Morgan fingerprint density at radius 3 is 2.78 bits per heavy atom. The van der Waals surface area contributed by atoms with Crippen LogP contribution in [0.5, 0.6) is 11.5 Å². The second-order valence-electron chi connectivity index (χ2n) is 3.87. The average Bonchev–Trinajstić information content (AvgIpc) is 2.74. The van der Waals surface area contributed by atoms with Crippen molar-refractivity contribution in [2.24, 2.45) is 0 Å². The molecule has 2 amide bonds. The van der Waals surface area contributed by atoms with Crippen molar-refractivity contribution >= 4 is 22.9 Å². The lowest BCUT2D eigenvalue weighted by atomic mass is 10.1. The molecule has 0 spiro atoms. The molecule has 0 unspecified atom stereocenters. The van der Waals surface area contributed by atoms with Crippen molar-refractivity contribution in [2.45, 2.75) is 12.8 Å². The lowest BCUT2D eigenvalue weighted by molar-refractivity contribution is -0.117. The minimum absolute atomic E-state index is 0.185. The average molecular weight is 267 g/mol. The van der Waals surface area contributed by atoms with Gasteiger partial charge in [-0.05, 0) is 24.5 Å². The van der Waals surface area contributed by atoms with E-state index in [9.17, 15) is 9.59 Å². The van der Waals surface area contributed by atoms with E-state index in [1.54, 1.807) is 12.1 Å². The summed E-state index contributed by atoms with van der Waals surface area (Å²) < 4.78 is 5.34. The first-order valence-corrected chi connectivity index (χ1v) is 6.55. The number of imide groups is 1. The number of thioether (sulfide) groups is 1. The molecular weight excluding hydrogens is 254 g/mol. The number of nitrogens with one attached hydrogen (secondary N) is 1. The van der Waals surface area contributed by atoms with Crippen LogP contribution in [0.2, 0.25) is 0 Å². The number of aryl methyl sites for hydroxylation is 1. The van der Waals surface area contributed by atoms with E-state index < -0.39 is 0 Å². The molecule has 0 radical (unpaired) electrons. The van der Waals surface area contributed by atoms with Crippen molar-refractivity contribution in [3.05, 3.63) is 23.8 Å². The van der Waals surface area contributed by atoms with Gasteiger partial charge in [0, 0.05) is 6.07 Å². The summed E-state index contributed by atoms with van der Waals surface area (Å²) in [5.74, 6) is 1.23. The Hall–Kier alpha value is -1.69.